The van der Waals surface area contributed by atoms with Crippen molar-refractivity contribution in [1.29, 1.82) is 0 Å². The van der Waals surface area contributed by atoms with Gasteiger partial charge in [-0.1, -0.05) is 20.8 Å². The van der Waals surface area contributed by atoms with Crippen molar-refractivity contribution in [3.05, 3.63) is 15.6 Å². The number of rotatable bonds is 8. The van der Waals surface area contributed by atoms with Crippen LogP contribution in [0.15, 0.2) is 0 Å². The minimum atomic E-state index is -0.0461. The smallest absolute Gasteiger partial charge is 0.113 e. The zero-order chi connectivity index (χ0) is 14.5. The lowest BCUT2D eigenvalue weighted by Gasteiger charge is -2.30. The van der Waals surface area contributed by atoms with Crippen molar-refractivity contribution in [2.45, 2.75) is 53.0 Å². The third kappa shape index (κ3) is 4.55. The Hall–Kier alpha value is -0.450. The molecule has 0 spiro atoms. The summed E-state index contributed by atoms with van der Waals surface area (Å²) in [7, 11) is 1.74. The maximum Gasteiger partial charge on any atom is 0.113 e. The van der Waals surface area contributed by atoms with Crippen LogP contribution in [0.25, 0.3) is 0 Å². The molecule has 1 aromatic rings. The number of aromatic nitrogens is 1. The zero-order valence-electron chi connectivity index (χ0n) is 13.2. The van der Waals surface area contributed by atoms with Gasteiger partial charge in [0.05, 0.1) is 17.8 Å². The van der Waals surface area contributed by atoms with Gasteiger partial charge in [0, 0.05) is 18.5 Å². The fourth-order valence-corrected chi connectivity index (χ4v) is 3.61. The average molecular weight is 284 g/mol. The van der Waals surface area contributed by atoms with Crippen molar-refractivity contribution in [2.24, 2.45) is 5.92 Å². The summed E-state index contributed by atoms with van der Waals surface area (Å²) in [5, 5.41) is 4.85. The summed E-state index contributed by atoms with van der Waals surface area (Å²) in [5.41, 5.74) is 1.19. The van der Waals surface area contributed by atoms with Gasteiger partial charge < -0.3 is 10.1 Å². The maximum atomic E-state index is 5.15. The van der Waals surface area contributed by atoms with Gasteiger partial charge in [0.2, 0.25) is 0 Å². The molecular weight excluding hydrogens is 256 g/mol. The van der Waals surface area contributed by atoms with Crippen LogP contribution in [0.2, 0.25) is 0 Å². The molecule has 0 aliphatic rings. The number of hydrogen-bond donors (Lipinski definition) is 1. The van der Waals surface area contributed by atoms with Crippen molar-refractivity contribution in [1.82, 2.24) is 10.3 Å². The Morgan fingerprint density at radius 1 is 1.42 bits per heavy atom. The van der Waals surface area contributed by atoms with Crippen LogP contribution in [-0.4, -0.2) is 25.2 Å². The van der Waals surface area contributed by atoms with Gasteiger partial charge in [-0.25, -0.2) is 4.98 Å². The number of aryl methyl sites for hydroxylation is 2. The van der Waals surface area contributed by atoms with Crippen LogP contribution in [0.1, 0.15) is 49.7 Å². The summed E-state index contributed by atoms with van der Waals surface area (Å²) >= 11 is 1.83. The highest BCUT2D eigenvalue weighted by atomic mass is 32.1. The molecule has 0 aliphatic heterocycles. The summed E-state index contributed by atoms with van der Waals surface area (Å²) in [6.07, 6.45) is 2.10. The summed E-state index contributed by atoms with van der Waals surface area (Å²) in [6.45, 7) is 12.7. The molecule has 0 fully saturated rings. The first-order chi connectivity index (χ1) is 8.92. The number of nitrogens with one attached hydrogen (secondary N) is 1. The van der Waals surface area contributed by atoms with E-state index in [1.165, 1.54) is 15.6 Å². The molecule has 0 bridgehead atoms. The van der Waals surface area contributed by atoms with Crippen LogP contribution < -0.4 is 5.32 Å². The molecule has 0 saturated heterocycles. The Morgan fingerprint density at radius 3 is 2.58 bits per heavy atom. The van der Waals surface area contributed by atoms with E-state index in [1.807, 2.05) is 11.3 Å². The van der Waals surface area contributed by atoms with E-state index in [0.717, 1.165) is 26.0 Å². The molecule has 19 heavy (non-hydrogen) atoms. The minimum Gasteiger partial charge on any atom is -0.383 e. The lowest BCUT2D eigenvalue weighted by atomic mass is 9.91. The van der Waals surface area contributed by atoms with Crippen LogP contribution in [-0.2, 0) is 16.7 Å². The van der Waals surface area contributed by atoms with Crippen LogP contribution in [0.4, 0.5) is 0 Å². The van der Waals surface area contributed by atoms with Crippen LogP contribution in [0, 0.1) is 12.8 Å². The first kappa shape index (κ1) is 16.6. The van der Waals surface area contributed by atoms with E-state index >= 15 is 0 Å². The molecule has 0 radical (unpaired) electrons. The number of methoxy groups -OCH3 is 1. The van der Waals surface area contributed by atoms with Gasteiger partial charge in [-0.05, 0) is 32.6 Å². The molecule has 0 aromatic carbocycles. The van der Waals surface area contributed by atoms with Crippen molar-refractivity contribution in [3.8, 4) is 0 Å². The van der Waals surface area contributed by atoms with E-state index in [1.54, 1.807) is 7.11 Å². The molecule has 1 atom stereocenters. The van der Waals surface area contributed by atoms with Crippen molar-refractivity contribution in [2.75, 3.05) is 20.3 Å². The number of thiazole rings is 1. The van der Waals surface area contributed by atoms with Gasteiger partial charge in [0.25, 0.3) is 0 Å². The average Bonchev–Trinajstić information content (AvgIpc) is 2.70. The van der Waals surface area contributed by atoms with Crippen LogP contribution in [0.3, 0.4) is 0 Å². The molecule has 1 rings (SSSR count). The van der Waals surface area contributed by atoms with Gasteiger partial charge in [-0.2, -0.15) is 0 Å². The monoisotopic (exact) mass is 284 g/mol. The van der Waals surface area contributed by atoms with E-state index in [2.05, 4.69) is 39.9 Å². The van der Waals surface area contributed by atoms with Gasteiger partial charge in [0.15, 0.2) is 0 Å². The molecule has 110 valence electrons. The maximum absolute atomic E-state index is 5.15. The van der Waals surface area contributed by atoms with E-state index in [0.29, 0.717) is 5.92 Å². The molecule has 1 unspecified atom stereocenters. The third-order valence-corrected chi connectivity index (χ3v) is 4.61. The fraction of sp³-hybridized carbons (Fsp3) is 0.800. The second-order valence-corrected chi connectivity index (χ2v) is 6.93. The summed E-state index contributed by atoms with van der Waals surface area (Å²) < 4.78 is 5.15. The predicted octanol–water partition coefficient (Wildman–Crippen LogP) is 3.51. The van der Waals surface area contributed by atoms with Crippen LogP contribution in [0.5, 0.6) is 0 Å². The molecule has 1 heterocycles. The fourth-order valence-electron chi connectivity index (χ4n) is 2.47. The Balaban J connectivity index is 2.93. The van der Waals surface area contributed by atoms with Gasteiger partial charge in [-0.3, -0.25) is 0 Å². The van der Waals surface area contributed by atoms with Gasteiger partial charge >= 0.3 is 0 Å². The quantitative estimate of drug-likeness (QED) is 0.742. The summed E-state index contributed by atoms with van der Waals surface area (Å²) in [5.74, 6) is 0.634. The highest BCUT2D eigenvalue weighted by Gasteiger charge is 2.30. The molecule has 0 saturated carbocycles. The van der Waals surface area contributed by atoms with E-state index in [9.17, 15) is 0 Å². The Labute approximate surface area is 121 Å². The summed E-state index contributed by atoms with van der Waals surface area (Å²) in [4.78, 5) is 6.20. The van der Waals surface area contributed by atoms with E-state index in [4.69, 9.17) is 9.72 Å². The van der Waals surface area contributed by atoms with Gasteiger partial charge in [-0.15, -0.1) is 11.3 Å². The Bertz CT molecular complexity index is 389. The minimum absolute atomic E-state index is 0.0461. The van der Waals surface area contributed by atoms with Crippen molar-refractivity contribution < 1.29 is 4.74 Å². The van der Waals surface area contributed by atoms with Gasteiger partial charge in [0.1, 0.15) is 5.01 Å². The lowest BCUT2D eigenvalue weighted by molar-refractivity contribution is 0.180. The van der Waals surface area contributed by atoms with Crippen molar-refractivity contribution >= 4 is 11.3 Å². The first-order valence-electron chi connectivity index (χ1n) is 7.13. The molecule has 1 aromatic heterocycles. The molecular formula is C15H28N2OS. The lowest BCUT2D eigenvalue weighted by Crippen LogP contribution is -2.42. The number of nitrogens with zero attached hydrogens (tertiary/aromatic N) is 1. The molecule has 4 heteroatoms. The second-order valence-electron chi connectivity index (χ2n) is 5.73. The SMILES string of the molecule is CCc1nc(C(C)(CC(C)C)NCCOC)sc1C. The Kier molecular flexibility index (Phi) is 6.43. The third-order valence-electron chi connectivity index (χ3n) is 3.34. The number of hydrogen-bond acceptors (Lipinski definition) is 4. The second kappa shape index (κ2) is 7.36. The van der Waals surface area contributed by atoms with E-state index < -0.39 is 0 Å². The first-order valence-corrected chi connectivity index (χ1v) is 7.95. The molecule has 0 aliphatic carbocycles. The highest BCUT2D eigenvalue weighted by molar-refractivity contribution is 7.11. The van der Waals surface area contributed by atoms with Crippen molar-refractivity contribution in [3.63, 3.8) is 0 Å². The number of ether oxygens (including phenoxy) is 1. The molecule has 1 N–H and O–H groups in total. The Morgan fingerprint density at radius 2 is 2.11 bits per heavy atom. The topological polar surface area (TPSA) is 34.2 Å². The van der Waals surface area contributed by atoms with Crippen LogP contribution >= 0.6 is 11.3 Å². The standard InChI is InChI=1S/C15H28N2OS/c1-7-13-12(4)19-14(17-13)15(5,10-11(2)3)16-8-9-18-6/h11,16H,7-10H2,1-6H3. The zero-order valence-corrected chi connectivity index (χ0v) is 14.0. The molecule has 0 amide bonds. The predicted molar refractivity (Wildman–Crippen MR) is 82.9 cm³/mol. The normalized spacial score (nSPS) is 14.9. The summed E-state index contributed by atoms with van der Waals surface area (Å²) in [6, 6.07) is 0. The van der Waals surface area contributed by atoms with E-state index in [-0.39, 0.29) is 5.54 Å². The highest BCUT2D eigenvalue weighted by Crippen LogP contribution is 2.33. The largest absolute Gasteiger partial charge is 0.383 e. The molecule has 3 nitrogen and oxygen atoms in total.